The zero-order valence-electron chi connectivity index (χ0n) is 19.6. The molecule has 0 aliphatic carbocycles. The highest BCUT2D eigenvalue weighted by molar-refractivity contribution is 6.04. The maximum absolute atomic E-state index is 12.7. The van der Waals surface area contributed by atoms with Crippen molar-refractivity contribution in [3.05, 3.63) is 95.9 Å². The van der Waals surface area contributed by atoms with E-state index in [0.29, 0.717) is 17.2 Å². The summed E-state index contributed by atoms with van der Waals surface area (Å²) < 4.78 is 1.69. The maximum atomic E-state index is 12.7. The second kappa shape index (κ2) is 9.72. The van der Waals surface area contributed by atoms with Gasteiger partial charge in [0.05, 0.1) is 0 Å². The van der Waals surface area contributed by atoms with Crippen molar-refractivity contribution in [2.45, 2.75) is 26.7 Å². The lowest BCUT2D eigenvalue weighted by molar-refractivity contribution is 0.102. The van der Waals surface area contributed by atoms with Gasteiger partial charge in [-0.05, 0) is 67.4 Å². The first kappa shape index (κ1) is 22.2. The van der Waals surface area contributed by atoms with Crippen LogP contribution in [0.3, 0.4) is 0 Å². The van der Waals surface area contributed by atoms with Gasteiger partial charge in [-0.1, -0.05) is 25.5 Å². The molecule has 0 radical (unpaired) electrons. The van der Waals surface area contributed by atoms with Crippen LogP contribution < -0.4 is 10.6 Å². The predicted molar refractivity (Wildman–Crippen MR) is 137 cm³/mol. The lowest BCUT2D eigenvalue weighted by Gasteiger charge is -2.11. The van der Waals surface area contributed by atoms with Gasteiger partial charge in [0.25, 0.3) is 11.7 Å². The molecule has 5 aromatic rings. The van der Waals surface area contributed by atoms with Crippen molar-refractivity contribution < 1.29 is 4.79 Å². The van der Waals surface area contributed by atoms with Crippen molar-refractivity contribution in [1.82, 2.24) is 24.6 Å². The highest BCUT2D eigenvalue weighted by atomic mass is 16.1. The molecule has 0 bridgehead atoms. The first-order valence-corrected chi connectivity index (χ1v) is 11.5. The first-order valence-electron chi connectivity index (χ1n) is 11.5. The highest BCUT2D eigenvalue weighted by Gasteiger charge is 2.13. The van der Waals surface area contributed by atoms with Gasteiger partial charge in [-0.3, -0.25) is 9.78 Å². The van der Waals surface area contributed by atoms with Gasteiger partial charge in [-0.25, -0.2) is 4.98 Å². The highest BCUT2D eigenvalue weighted by Crippen LogP contribution is 2.22. The van der Waals surface area contributed by atoms with Crippen LogP contribution in [0.2, 0.25) is 0 Å². The number of carbonyl (C=O) groups is 1. The van der Waals surface area contributed by atoms with E-state index in [0.717, 1.165) is 46.9 Å². The van der Waals surface area contributed by atoms with Crippen molar-refractivity contribution in [3.8, 4) is 11.4 Å². The van der Waals surface area contributed by atoms with Gasteiger partial charge in [-0.15, -0.1) is 5.10 Å². The number of carbonyl (C=O) groups excluding carboxylic acids is 1. The molecule has 3 aromatic heterocycles. The van der Waals surface area contributed by atoms with Crippen LogP contribution in [0.5, 0.6) is 0 Å². The molecule has 0 aliphatic heterocycles. The fourth-order valence-corrected chi connectivity index (χ4v) is 3.79. The number of aryl methyl sites for hydroxylation is 2. The van der Waals surface area contributed by atoms with Gasteiger partial charge < -0.3 is 10.6 Å². The van der Waals surface area contributed by atoms with E-state index in [9.17, 15) is 4.79 Å². The Hall–Kier alpha value is -4.59. The Morgan fingerprint density at radius 3 is 2.57 bits per heavy atom. The van der Waals surface area contributed by atoms with Gasteiger partial charge in [0, 0.05) is 46.7 Å². The third-order valence-corrected chi connectivity index (χ3v) is 5.49. The Bertz CT molecular complexity index is 1480. The Kier molecular flexibility index (Phi) is 6.17. The minimum atomic E-state index is -0.156. The smallest absolute Gasteiger partial charge is 0.255 e. The molecule has 8 heteroatoms. The Morgan fingerprint density at radius 1 is 0.971 bits per heavy atom. The molecule has 5 rings (SSSR count). The molecule has 0 fully saturated rings. The number of amides is 1. The number of hydrogen-bond donors (Lipinski definition) is 2. The molecular formula is C27H25N7O. The topological polar surface area (TPSA) is 97.1 Å². The van der Waals surface area contributed by atoms with E-state index in [1.807, 2.05) is 61.5 Å². The number of nitrogens with zero attached hydrogens (tertiary/aromatic N) is 5. The van der Waals surface area contributed by atoms with E-state index < -0.39 is 0 Å². The minimum Gasteiger partial charge on any atom is -0.340 e. The number of fused-ring (bicyclic) bond motifs is 1. The number of hydrogen-bond acceptors (Lipinski definition) is 6. The molecule has 0 atom stereocenters. The fourth-order valence-electron chi connectivity index (χ4n) is 3.79. The van der Waals surface area contributed by atoms with Gasteiger partial charge in [0.15, 0.2) is 5.82 Å². The van der Waals surface area contributed by atoms with Crippen LogP contribution >= 0.6 is 0 Å². The van der Waals surface area contributed by atoms with Crippen molar-refractivity contribution in [1.29, 1.82) is 0 Å². The average Bonchev–Trinajstić information content (AvgIpc) is 3.30. The molecule has 0 unspecified atom stereocenters. The summed E-state index contributed by atoms with van der Waals surface area (Å²) in [6.45, 7) is 4.11. The molecule has 2 aromatic carbocycles. The van der Waals surface area contributed by atoms with E-state index in [2.05, 4.69) is 37.6 Å². The lowest BCUT2D eigenvalue weighted by atomic mass is 10.1. The number of aromatic nitrogens is 5. The molecular weight excluding hydrogens is 438 g/mol. The Morgan fingerprint density at radius 2 is 1.83 bits per heavy atom. The number of benzene rings is 2. The molecule has 2 N–H and O–H groups in total. The summed E-state index contributed by atoms with van der Waals surface area (Å²) in [5.41, 5.74) is 5.02. The van der Waals surface area contributed by atoms with Gasteiger partial charge in [-0.2, -0.15) is 9.50 Å². The van der Waals surface area contributed by atoms with Crippen molar-refractivity contribution >= 4 is 28.9 Å². The van der Waals surface area contributed by atoms with Gasteiger partial charge >= 0.3 is 0 Å². The SMILES string of the molecule is CCCc1cc(Nc2ccc(C(=O)Nc3cccc(C)c3)cc2)n2nc(-c3cccnc3)nc2n1. The summed E-state index contributed by atoms with van der Waals surface area (Å²) in [5.74, 6) is 1.67. The molecule has 35 heavy (non-hydrogen) atoms. The zero-order valence-corrected chi connectivity index (χ0v) is 19.6. The molecule has 0 spiro atoms. The Labute approximate surface area is 203 Å². The van der Waals surface area contributed by atoms with Crippen LogP contribution in [-0.4, -0.2) is 30.5 Å². The molecule has 0 aliphatic rings. The van der Waals surface area contributed by atoms with Crippen molar-refractivity contribution in [2.24, 2.45) is 0 Å². The molecule has 1 amide bonds. The van der Waals surface area contributed by atoms with Crippen molar-refractivity contribution in [2.75, 3.05) is 10.6 Å². The molecule has 0 saturated heterocycles. The largest absolute Gasteiger partial charge is 0.340 e. The maximum Gasteiger partial charge on any atom is 0.255 e. The van der Waals surface area contributed by atoms with E-state index in [4.69, 9.17) is 0 Å². The molecule has 3 heterocycles. The van der Waals surface area contributed by atoms with E-state index in [1.165, 1.54) is 0 Å². The Balaban J connectivity index is 1.41. The summed E-state index contributed by atoms with van der Waals surface area (Å²) in [4.78, 5) is 26.1. The number of pyridine rings is 1. The minimum absolute atomic E-state index is 0.156. The van der Waals surface area contributed by atoms with E-state index >= 15 is 0 Å². The van der Waals surface area contributed by atoms with Crippen LogP contribution in [0.1, 0.15) is 35.0 Å². The second-order valence-corrected chi connectivity index (χ2v) is 8.30. The van der Waals surface area contributed by atoms with Crippen LogP contribution in [-0.2, 0) is 6.42 Å². The number of rotatable bonds is 7. The first-order chi connectivity index (χ1) is 17.1. The number of anilines is 3. The fraction of sp³-hybridized carbons (Fsp3) is 0.148. The number of nitrogens with one attached hydrogen (secondary N) is 2. The molecule has 0 saturated carbocycles. The second-order valence-electron chi connectivity index (χ2n) is 8.30. The van der Waals surface area contributed by atoms with Crippen LogP contribution in [0.25, 0.3) is 17.2 Å². The normalized spacial score (nSPS) is 10.9. The van der Waals surface area contributed by atoms with Crippen LogP contribution in [0.4, 0.5) is 17.2 Å². The summed E-state index contributed by atoms with van der Waals surface area (Å²) in [7, 11) is 0. The quantitative estimate of drug-likeness (QED) is 0.333. The third kappa shape index (κ3) is 5.01. The summed E-state index contributed by atoms with van der Waals surface area (Å²) in [5, 5.41) is 11.0. The third-order valence-electron chi connectivity index (χ3n) is 5.49. The standard InChI is InChI=1S/C27H25N7O/c1-3-6-22-16-24(34-27(31-22)32-25(33-34)20-8-5-14-28-17-20)29-21-12-10-19(11-13-21)26(35)30-23-9-4-7-18(2)15-23/h4-5,7-17,29H,3,6H2,1-2H3,(H,30,35). The molecule has 8 nitrogen and oxygen atoms in total. The average molecular weight is 464 g/mol. The van der Waals surface area contributed by atoms with Crippen LogP contribution in [0.15, 0.2) is 79.1 Å². The van der Waals surface area contributed by atoms with E-state index in [-0.39, 0.29) is 5.91 Å². The van der Waals surface area contributed by atoms with E-state index in [1.54, 1.807) is 29.0 Å². The monoisotopic (exact) mass is 463 g/mol. The summed E-state index contributed by atoms with van der Waals surface area (Å²) in [6, 6.07) is 20.8. The summed E-state index contributed by atoms with van der Waals surface area (Å²) in [6.07, 6.45) is 5.25. The van der Waals surface area contributed by atoms with Gasteiger partial charge in [0.2, 0.25) is 0 Å². The lowest BCUT2D eigenvalue weighted by Crippen LogP contribution is -2.12. The van der Waals surface area contributed by atoms with Crippen molar-refractivity contribution in [3.63, 3.8) is 0 Å². The zero-order chi connectivity index (χ0) is 24.2. The van der Waals surface area contributed by atoms with Crippen LogP contribution in [0, 0.1) is 6.92 Å². The predicted octanol–water partition coefficient (Wildman–Crippen LogP) is 5.44. The van der Waals surface area contributed by atoms with Gasteiger partial charge in [0.1, 0.15) is 5.82 Å². The molecule has 174 valence electrons. The summed E-state index contributed by atoms with van der Waals surface area (Å²) >= 11 is 0.